The van der Waals surface area contributed by atoms with Crippen LogP contribution in [0, 0.1) is 0 Å². The lowest BCUT2D eigenvalue weighted by atomic mass is 9.83. The van der Waals surface area contributed by atoms with E-state index in [1.807, 2.05) is 43.3 Å². The molecule has 44 heavy (non-hydrogen) atoms. The Hall–Kier alpha value is -3.09. The molecule has 2 aliphatic heterocycles. The van der Waals surface area contributed by atoms with Crippen molar-refractivity contribution in [3.8, 4) is 11.5 Å². The fraction of sp³-hybridized carbons (Fsp3) is 0.606. The molecule has 1 amide bonds. The number of aliphatic hydroxyl groups is 1. The molecule has 1 unspecified atom stereocenters. The van der Waals surface area contributed by atoms with Crippen LogP contribution in [0.2, 0.25) is 0 Å². The van der Waals surface area contributed by atoms with Crippen molar-refractivity contribution in [2.75, 3.05) is 78.3 Å². The number of rotatable bonds is 17. The molecule has 11 heteroatoms. The topological polar surface area (TPSA) is 119 Å². The first-order valence-electron chi connectivity index (χ1n) is 15.5. The van der Waals surface area contributed by atoms with E-state index in [9.17, 15) is 15.0 Å². The number of likely N-dealkylation sites (tertiary alicyclic amines) is 1. The van der Waals surface area contributed by atoms with Gasteiger partial charge in [0.25, 0.3) is 0 Å². The van der Waals surface area contributed by atoms with E-state index in [-0.39, 0.29) is 25.7 Å². The third-order valence-electron chi connectivity index (χ3n) is 8.18. The molecule has 0 bridgehead atoms. The number of fused-ring (bicyclic) bond motifs is 1. The predicted octanol–water partition coefficient (Wildman–Crippen LogP) is 4.51. The fourth-order valence-corrected chi connectivity index (χ4v) is 5.67. The number of amides is 1. The lowest BCUT2D eigenvalue weighted by molar-refractivity contribution is -0.280. The van der Waals surface area contributed by atoms with Gasteiger partial charge in [-0.15, -0.1) is 0 Å². The van der Waals surface area contributed by atoms with Crippen molar-refractivity contribution < 1.29 is 43.4 Å². The highest BCUT2D eigenvalue weighted by atomic mass is 16.7. The van der Waals surface area contributed by atoms with E-state index >= 15 is 0 Å². The zero-order valence-corrected chi connectivity index (χ0v) is 26.2. The standard InChI is InChI=1S/C33H48N2O9/c1-4-27(36)23-44-33(43-22-25-7-12-31-30(21-25)34(16-20-42-31)14-5-17-39-2)24-35(32(37)38)15-13-29(33)26-8-10-28(11-9-26)41-19-6-18-40-3/h7-12,21,27,29,36H,4-6,13-20,22-24H2,1-3H3,(H,37,38)/t27?,29-,33+/m1/s1. The monoisotopic (exact) mass is 616 g/mol. The molecule has 1 saturated heterocycles. The highest BCUT2D eigenvalue weighted by Gasteiger charge is 2.48. The Morgan fingerprint density at radius 1 is 1.05 bits per heavy atom. The maximum atomic E-state index is 12.2. The summed E-state index contributed by atoms with van der Waals surface area (Å²) in [5, 5.41) is 20.4. The van der Waals surface area contributed by atoms with Gasteiger partial charge in [0.15, 0.2) is 5.79 Å². The molecule has 0 aliphatic carbocycles. The van der Waals surface area contributed by atoms with Crippen molar-refractivity contribution in [1.29, 1.82) is 0 Å². The summed E-state index contributed by atoms with van der Waals surface area (Å²) in [6, 6.07) is 13.8. The van der Waals surface area contributed by atoms with Crippen LogP contribution in [0.15, 0.2) is 42.5 Å². The van der Waals surface area contributed by atoms with Gasteiger partial charge in [-0.25, -0.2) is 4.79 Å². The molecule has 0 radical (unpaired) electrons. The molecule has 1 fully saturated rings. The smallest absolute Gasteiger partial charge is 0.407 e. The second-order valence-corrected chi connectivity index (χ2v) is 11.3. The number of ether oxygens (including phenoxy) is 6. The van der Waals surface area contributed by atoms with Crippen LogP contribution in [0.3, 0.4) is 0 Å². The summed E-state index contributed by atoms with van der Waals surface area (Å²) < 4.78 is 35.2. The Kier molecular flexibility index (Phi) is 12.9. The van der Waals surface area contributed by atoms with Gasteiger partial charge in [0.05, 0.1) is 44.7 Å². The van der Waals surface area contributed by atoms with Gasteiger partial charge in [-0.1, -0.05) is 25.1 Å². The number of carbonyl (C=O) groups is 1. The molecule has 2 N–H and O–H groups in total. The predicted molar refractivity (Wildman–Crippen MR) is 166 cm³/mol. The van der Waals surface area contributed by atoms with E-state index in [2.05, 4.69) is 11.0 Å². The molecule has 244 valence electrons. The highest BCUT2D eigenvalue weighted by Crippen LogP contribution is 2.42. The van der Waals surface area contributed by atoms with E-state index in [1.54, 1.807) is 14.2 Å². The van der Waals surface area contributed by atoms with Crippen molar-refractivity contribution in [3.63, 3.8) is 0 Å². The average Bonchev–Trinajstić information content (AvgIpc) is 3.05. The molecule has 2 aromatic carbocycles. The first kappa shape index (κ1) is 33.8. The molecule has 2 aromatic rings. The third kappa shape index (κ3) is 8.98. The van der Waals surface area contributed by atoms with Gasteiger partial charge >= 0.3 is 6.09 Å². The summed E-state index contributed by atoms with van der Waals surface area (Å²) in [4.78, 5) is 15.8. The van der Waals surface area contributed by atoms with Gasteiger partial charge in [-0.3, -0.25) is 0 Å². The van der Waals surface area contributed by atoms with Crippen molar-refractivity contribution >= 4 is 11.8 Å². The van der Waals surface area contributed by atoms with Crippen LogP contribution in [0.1, 0.15) is 49.7 Å². The number of aliphatic hydroxyl groups excluding tert-OH is 1. The normalized spacial score (nSPS) is 20.6. The van der Waals surface area contributed by atoms with E-state index < -0.39 is 18.0 Å². The number of hydrogen-bond acceptors (Lipinski definition) is 9. The molecule has 2 aliphatic rings. The Morgan fingerprint density at radius 3 is 2.55 bits per heavy atom. The van der Waals surface area contributed by atoms with Gasteiger partial charge in [0, 0.05) is 52.9 Å². The third-order valence-corrected chi connectivity index (χ3v) is 8.18. The number of carboxylic acid groups (broad SMARTS) is 1. The molecule has 11 nitrogen and oxygen atoms in total. The van der Waals surface area contributed by atoms with E-state index in [0.717, 1.165) is 54.2 Å². The van der Waals surface area contributed by atoms with Gasteiger partial charge in [0.2, 0.25) is 0 Å². The molecule has 4 rings (SSSR count). The second kappa shape index (κ2) is 16.8. The Balaban J connectivity index is 1.59. The molecule has 3 atom stereocenters. The quantitative estimate of drug-likeness (QED) is 0.194. The van der Waals surface area contributed by atoms with Crippen molar-refractivity contribution in [2.24, 2.45) is 0 Å². The Bertz CT molecular complexity index is 1160. The van der Waals surface area contributed by atoms with Crippen LogP contribution in [0.5, 0.6) is 11.5 Å². The van der Waals surface area contributed by atoms with E-state index in [0.29, 0.717) is 45.8 Å². The molecule has 0 spiro atoms. The van der Waals surface area contributed by atoms with Crippen LogP contribution in [0.4, 0.5) is 10.5 Å². The van der Waals surface area contributed by atoms with Crippen LogP contribution >= 0.6 is 0 Å². The van der Waals surface area contributed by atoms with Crippen LogP contribution in [0.25, 0.3) is 0 Å². The minimum absolute atomic E-state index is 0.00982. The summed E-state index contributed by atoms with van der Waals surface area (Å²) in [6.07, 6.45) is 0.942. The van der Waals surface area contributed by atoms with Crippen molar-refractivity contribution in [2.45, 2.75) is 57.0 Å². The summed E-state index contributed by atoms with van der Waals surface area (Å²) in [5.41, 5.74) is 2.86. The lowest BCUT2D eigenvalue weighted by Crippen LogP contribution is -2.57. The first-order chi connectivity index (χ1) is 21.4. The van der Waals surface area contributed by atoms with E-state index in [1.165, 1.54) is 4.90 Å². The first-order valence-corrected chi connectivity index (χ1v) is 15.5. The summed E-state index contributed by atoms with van der Waals surface area (Å²) in [7, 11) is 3.37. The second-order valence-electron chi connectivity index (χ2n) is 11.3. The number of nitrogens with zero attached hydrogens (tertiary/aromatic N) is 2. The fourth-order valence-electron chi connectivity index (χ4n) is 5.67. The number of benzene rings is 2. The summed E-state index contributed by atoms with van der Waals surface area (Å²) in [5.74, 6) is -0.0335. The van der Waals surface area contributed by atoms with Crippen LogP contribution in [-0.2, 0) is 25.6 Å². The van der Waals surface area contributed by atoms with Crippen LogP contribution in [-0.4, -0.2) is 107 Å². The van der Waals surface area contributed by atoms with Gasteiger partial charge in [-0.2, -0.15) is 0 Å². The number of hydrogen-bond donors (Lipinski definition) is 2. The number of piperidine rings is 1. The SMILES string of the molecule is CCC(O)CO[C@@]1(OCc2ccc3c(c2)N(CCCOC)CCO3)CN(C(=O)O)CC[C@@H]1c1ccc(OCCCOC)cc1. The van der Waals surface area contributed by atoms with Gasteiger partial charge in [0.1, 0.15) is 18.1 Å². The minimum Gasteiger partial charge on any atom is -0.494 e. The highest BCUT2D eigenvalue weighted by molar-refractivity contribution is 5.65. The Labute approximate surface area is 260 Å². The largest absolute Gasteiger partial charge is 0.494 e. The van der Waals surface area contributed by atoms with Crippen molar-refractivity contribution in [3.05, 3.63) is 53.6 Å². The van der Waals surface area contributed by atoms with Gasteiger partial charge in [-0.05, 0) is 54.7 Å². The minimum atomic E-state index is -1.32. The summed E-state index contributed by atoms with van der Waals surface area (Å²) >= 11 is 0. The molecule has 0 saturated carbocycles. The zero-order valence-electron chi connectivity index (χ0n) is 26.2. The molecular formula is C33H48N2O9. The maximum Gasteiger partial charge on any atom is 0.407 e. The number of methoxy groups -OCH3 is 2. The lowest BCUT2D eigenvalue weighted by Gasteiger charge is -2.47. The molecule has 0 aromatic heterocycles. The Morgan fingerprint density at radius 2 is 1.82 bits per heavy atom. The van der Waals surface area contributed by atoms with Crippen LogP contribution < -0.4 is 14.4 Å². The van der Waals surface area contributed by atoms with Gasteiger partial charge < -0.3 is 48.4 Å². The number of anilines is 1. The zero-order chi connectivity index (χ0) is 31.4. The maximum absolute atomic E-state index is 12.2. The molecule has 2 heterocycles. The molecular weight excluding hydrogens is 568 g/mol. The average molecular weight is 617 g/mol. The summed E-state index contributed by atoms with van der Waals surface area (Å²) in [6.45, 7) is 6.54. The van der Waals surface area contributed by atoms with E-state index in [4.69, 9.17) is 28.4 Å². The van der Waals surface area contributed by atoms with Crippen molar-refractivity contribution in [1.82, 2.24) is 4.90 Å².